The highest BCUT2D eigenvalue weighted by molar-refractivity contribution is 7.99. The minimum atomic E-state index is -0.855. The van der Waals surface area contributed by atoms with Gasteiger partial charge in [0, 0.05) is 12.5 Å². The molecule has 3 rings (SSSR count). The number of aliphatic hydroxyl groups is 1. The van der Waals surface area contributed by atoms with E-state index in [9.17, 15) is 9.90 Å². The fraction of sp³-hybridized carbons (Fsp3) is 0.588. The smallest absolute Gasteiger partial charge is 0.217 e. The summed E-state index contributed by atoms with van der Waals surface area (Å²) in [6.07, 6.45) is -2.30. The predicted octanol–water partition coefficient (Wildman–Crippen LogP) is 1.44. The Morgan fingerprint density at radius 3 is 2.75 bits per heavy atom. The van der Waals surface area contributed by atoms with Crippen LogP contribution in [0.5, 0.6) is 0 Å². The molecule has 24 heavy (non-hydrogen) atoms. The Morgan fingerprint density at radius 1 is 1.33 bits per heavy atom. The lowest BCUT2D eigenvalue weighted by atomic mass is 9.96. The molecule has 6 atom stereocenters. The molecule has 1 aromatic carbocycles. The molecule has 0 aliphatic carbocycles. The average molecular weight is 353 g/mol. The first-order valence-corrected chi connectivity index (χ1v) is 9.19. The van der Waals surface area contributed by atoms with E-state index in [1.165, 1.54) is 6.92 Å². The van der Waals surface area contributed by atoms with Gasteiger partial charge < -0.3 is 24.6 Å². The number of rotatable bonds is 4. The lowest BCUT2D eigenvalue weighted by Gasteiger charge is -2.47. The molecule has 0 bridgehead atoms. The Kier molecular flexibility index (Phi) is 5.78. The van der Waals surface area contributed by atoms with Crippen LogP contribution in [0, 0.1) is 0 Å². The van der Waals surface area contributed by atoms with Crippen LogP contribution >= 0.6 is 11.8 Å². The SMILES string of the molecule is CCS[C@@H]1O[C@@H]2CO[C@H](c3ccccc3)O[C@@H]2[C@H](O)[C@@H]1NC(C)=O. The number of nitrogens with one attached hydrogen (secondary N) is 1. The van der Waals surface area contributed by atoms with Crippen LogP contribution in [0.15, 0.2) is 30.3 Å². The summed E-state index contributed by atoms with van der Waals surface area (Å²) in [7, 11) is 0. The van der Waals surface area contributed by atoms with Gasteiger partial charge in [-0.1, -0.05) is 37.3 Å². The minimum Gasteiger partial charge on any atom is -0.388 e. The quantitative estimate of drug-likeness (QED) is 0.853. The summed E-state index contributed by atoms with van der Waals surface area (Å²) in [6, 6.07) is 9.08. The number of amides is 1. The van der Waals surface area contributed by atoms with Gasteiger partial charge in [0.15, 0.2) is 6.29 Å². The first kappa shape index (κ1) is 17.7. The lowest BCUT2D eigenvalue weighted by molar-refractivity contribution is -0.306. The Bertz CT molecular complexity index is 557. The Hall–Kier alpha value is -1.12. The Balaban J connectivity index is 1.76. The zero-order chi connectivity index (χ0) is 17.1. The van der Waals surface area contributed by atoms with Crippen LogP contribution in [0.1, 0.15) is 25.7 Å². The molecule has 6 nitrogen and oxygen atoms in total. The van der Waals surface area contributed by atoms with Gasteiger partial charge in [-0.25, -0.2) is 0 Å². The van der Waals surface area contributed by atoms with Crippen LogP contribution in [0.2, 0.25) is 0 Å². The maximum atomic E-state index is 11.5. The van der Waals surface area contributed by atoms with E-state index >= 15 is 0 Å². The van der Waals surface area contributed by atoms with Gasteiger partial charge in [-0.2, -0.15) is 0 Å². The Labute approximate surface area is 145 Å². The van der Waals surface area contributed by atoms with Gasteiger partial charge in [0.2, 0.25) is 5.91 Å². The van der Waals surface area contributed by atoms with Crippen molar-refractivity contribution in [3.8, 4) is 0 Å². The summed E-state index contributed by atoms with van der Waals surface area (Å²) >= 11 is 1.55. The van der Waals surface area contributed by atoms with Crippen molar-refractivity contribution in [1.29, 1.82) is 0 Å². The number of hydrogen-bond acceptors (Lipinski definition) is 6. The lowest BCUT2D eigenvalue weighted by Crippen LogP contribution is -2.65. The number of carbonyl (C=O) groups is 1. The van der Waals surface area contributed by atoms with Crippen molar-refractivity contribution < 1.29 is 24.1 Å². The molecular weight excluding hydrogens is 330 g/mol. The number of hydrogen-bond donors (Lipinski definition) is 2. The zero-order valence-electron chi connectivity index (χ0n) is 13.8. The van der Waals surface area contributed by atoms with Gasteiger partial charge in [-0.3, -0.25) is 4.79 Å². The topological polar surface area (TPSA) is 77.0 Å². The standard InChI is InChI=1S/C17H23NO5S/c1-3-24-17-13(18-10(2)19)14(20)15-12(22-17)9-21-16(23-15)11-7-5-4-6-8-11/h4-8,12-17,20H,3,9H2,1-2H3,(H,18,19)/t12-,13+,14-,15+,16+,17+/m1/s1. The molecule has 7 heteroatoms. The molecule has 2 fully saturated rings. The van der Waals surface area contributed by atoms with Gasteiger partial charge >= 0.3 is 0 Å². The third kappa shape index (κ3) is 3.75. The predicted molar refractivity (Wildman–Crippen MR) is 90.4 cm³/mol. The largest absolute Gasteiger partial charge is 0.388 e. The van der Waals surface area contributed by atoms with E-state index in [4.69, 9.17) is 14.2 Å². The van der Waals surface area contributed by atoms with Crippen LogP contribution < -0.4 is 5.32 Å². The van der Waals surface area contributed by atoms with Crippen LogP contribution in [0.4, 0.5) is 0 Å². The summed E-state index contributed by atoms with van der Waals surface area (Å²) in [5, 5.41) is 13.6. The number of carbonyl (C=O) groups excluding carboxylic acids is 1. The number of aliphatic hydroxyl groups excluding tert-OH is 1. The van der Waals surface area contributed by atoms with Crippen molar-refractivity contribution in [3.05, 3.63) is 35.9 Å². The fourth-order valence-corrected chi connectivity index (χ4v) is 4.05. The second kappa shape index (κ2) is 7.84. The number of fused-ring (bicyclic) bond motifs is 1. The molecule has 0 unspecified atom stereocenters. The van der Waals surface area contributed by atoms with Crippen LogP contribution in [0.3, 0.4) is 0 Å². The number of thioether (sulfide) groups is 1. The molecule has 0 aromatic heterocycles. The number of benzene rings is 1. The first-order valence-electron chi connectivity index (χ1n) is 8.14. The van der Waals surface area contributed by atoms with Crippen LogP contribution in [-0.2, 0) is 19.0 Å². The van der Waals surface area contributed by atoms with Gasteiger partial charge in [0.1, 0.15) is 23.7 Å². The number of ether oxygens (including phenoxy) is 3. The van der Waals surface area contributed by atoms with E-state index in [2.05, 4.69) is 5.32 Å². The van der Waals surface area contributed by atoms with E-state index in [1.807, 2.05) is 37.3 Å². The van der Waals surface area contributed by atoms with Crippen LogP contribution in [0.25, 0.3) is 0 Å². The molecular formula is C17H23NO5S. The molecule has 0 saturated carbocycles. The van der Waals surface area contributed by atoms with Gasteiger partial charge in [-0.15, -0.1) is 11.8 Å². The van der Waals surface area contributed by atoms with Gasteiger partial charge in [0.25, 0.3) is 0 Å². The molecule has 2 saturated heterocycles. The van der Waals surface area contributed by atoms with Gasteiger partial charge in [-0.05, 0) is 5.75 Å². The normalized spacial score (nSPS) is 36.0. The van der Waals surface area contributed by atoms with E-state index in [0.29, 0.717) is 6.61 Å². The summed E-state index contributed by atoms with van der Waals surface area (Å²) in [6.45, 7) is 3.79. The molecule has 0 spiro atoms. The molecule has 0 radical (unpaired) electrons. The minimum absolute atomic E-state index is 0.200. The molecule has 132 valence electrons. The third-order valence-electron chi connectivity index (χ3n) is 4.14. The van der Waals surface area contributed by atoms with E-state index in [1.54, 1.807) is 11.8 Å². The van der Waals surface area contributed by atoms with Crippen molar-refractivity contribution in [3.63, 3.8) is 0 Å². The van der Waals surface area contributed by atoms with Crippen molar-refractivity contribution in [2.75, 3.05) is 12.4 Å². The highest BCUT2D eigenvalue weighted by atomic mass is 32.2. The van der Waals surface area contributed by atoms with Crippen molar-refractivity contribution in [2.45, 2.75) is 49.9 Å². The summed E-state index contributed by atoms with van der Waals surface area (Å²) in [5.74, 6) is 0.619. The second-order valence-electron chi connectivity index (χ2n) is 5.89. The fourth-order valence-electron chi connectivity index (χ4n) is 3.07. The highest BCUT2D eigenvalue weighted by Gasteiger charge is 2.49. The van der Waals surface area contributed by atoms with Crippen LogP contribution in [-0.4, -0.2) is 53.2 Å². The monoisotopic (exact) mass is 353 g/mol. The maximum absolute atomic E-state index is 11.5. The van der Waals surface area contributed by atoms with E-state index in [0.717, 1.165) is 11.3 Å². The first-order chi connectivity index (χ1) is 11.6. The molecule has 2 heterocycles. The summed E-state index contributed by atoms with van der Waals surface area (Å²) < 4.78 is 17.8. The van der Waals surface area contributed by atoms with Crippen molar-refractivity contribution >= 4 is 17.7 Å². The molecule has 2 aliphatic rings. The maximum Gasteiger partial charge on any atom is 0.217 e. The van der Waals surface area contributed by atoms with Crippen molar-refractivity contribution in [2.24, 2.45) is 0 Å². The van der Waals surface area contributed by atoms with E-state index < -0.39 is 24.5 Å². The molecule has 1 amide bonds. The molecule has 2 aliphatic heterocycles. The third-order valence-corrected chi connectivity index (χ3v) is 5.20. The average Bonchev–Trinajstić information content (AvgIpc) is 2.59. The van der Waals surface area contributed by atoms with Crippen molar-refractivity contribution in [1.82, 2.24) is 5.32 Å². The van der Waals surface area contributed by atoms with E-state index in [-0.39, 0.29) is 17.4 Å². The molecule has 1 aromatic rings. The zero-order valence-corrected chi connectivity index (χ0v) is 14.6. The summed E-state index contributed by atoms with van der Waals surface area (Å²) in [5.41, 5.74) is 0.569. The highest BCUT2D eigenvalue weighted by Crippen LogP contribution is 2.36. The molecule has 2 N–H and O–H groups in total. The van der Waals surface area contributed by atoms with Gasteiger partial charge in [0.05, 0.1) is 12.6 Å². The summed E-state index contributed by atoms with van der Waals surface area (Å²) in [4.78, 5) is 11.5. The Morgan fingerprint density at radius 2 is 2.08 bits per heavy atom. The second-order valence-corrected chi connectivity index (χ2v) is 7.27.